The fourth-order valence-electron chi connectivity index (χ4n) is 3.44. The van der Waals surface area contributed by atoms with Crippen LogP contribution in [0.1, 0.15) is 27.3 Å². The maximum absolute atomic E-state index is 13.0. The van der Waals surface area contributed by atoms with Crippen LogP contribution in [0.5, 0.6) is 5.75 Å². The summed E-state index contributed by atoms with van der Waals surface area (Å²) in [6, 6.07) is 5.65. The normalized spacial score (nSPS) is 13.7. The molecule has 8 heteroatoms. The Morgan fingerprint density at radius 3 is 2.92 bits per heavy atom. The van der Waals surface area contributed by atoms with Crippen LogP contribution in [0.4, 0.5) is 5.95 Å². The Morgan fingerprint density at radius 2 is 2.15 bits per heavy atom. The number of hydrogen-bond donors (Lipinski definition) is 3. The predicted octanol–water partition coefficient (Wildman–Crippen LogP) is 1.35. The van der Waals surface area contributed by atoms with Crippen LogP contribution in [-0.2, 0) is 13.0 Å². The van der Waals surface area contributed by atoms with E-state index in [2.05, 4.69) is 15.0 Å². The molecule has 0 aliphatic carbocycles. The summed E-state index contributed by atoms with van der Waals surface area (Å²) in [6.07, 6.45) is 0.455. The monoisotopic (exact) mass is 353 g/mol. The third-order valence-corrected chi connectivity index (χ3v) is 4.86. The van der Waals surface area contributed by atoms with E-state index < -0.39 is 0 Å². The molecule has 0 saturated heterocycles. The van der Waals surface area contributed by atoms with Crippen LogP contribution in [0.2, 0.25) is 0 Å². The van der Waals surface area contributed by atoms with Gasteiger partial charge >= 0.3 is 0 Å². The lowest BCUT2D eigenvalue weighted by atomic mass is 10.1. The van der Waals surface area contributed by atoms with Crippen molar-refractivity contribution < 1.29 is 9.53 Å². The number of anilines is 1. The molecule has 0 saturated carbocycles. The molecular formula is C18H19N5O3. The number of nitrogens with two attached hydrogens (primary N) is 1. The molecule has 8 nitrogen and oxygen atoms in total. The summed E-state index contributed by atoms with van der Waals surface area (Å²) in [4.78, 5) is 36.6. The average molecular weight is 353 g/mol. The summed E-state index contributed by atoms with van der Waals surface area (Å²) in [5.74, 6) is 0.685. The van der Waals surface area contributed by atoms with Gasteiger partial charge in [-0.15, -0.1) is 0 Å². The van der Waals surface area contributed by atoms with Crippen LogP contribution in [0, 0.1) is 6.92 Å². The van der Waals surface area contributed by atoms with E-state index in [0.29, 0.717) is 29.9 Å². The molecule has 4 rings (SSSR count). The number of methoxy groups -OCH3 is 1. The Morgan fingerprint density at radius 1 is 1.35 bits per heavy atom. The number of H-pyrrole nitrogens is 2. The summed E-state index contributed by atoms with van der Waals surface area (Å²) in [5.41, 5.74) is 8.84. The van der Waals surface area contributed by atoms with E-state index >= 15 is 0 Å². The fraction of sp³-hybridized carbons (Fsp3) is 0.278. The van der Waals surface area contributed by atoms with Gasteiger partial charge in [-0.1, -0.05) is 0 Å². The summed E-state index contributed by atoms with van der Waals surface area (Å²) < 4.78 is 5.26. The second-order valence-electron chi connectivity index (χ2n) is 6.39. The summed E-state index contributed by atoms with van der Waals surface area (Å²) in [5, 5.41) is 0.948. The quantitative estimate of drug-likeness (QED) is 0.643. The van der Waals surface area contributed by atoms with Gasteiger partial charge in [0.05, 0.1) is 19.3 Å². The van der Waals surface area contributed by atoms with Crippen molar-refractivity contribution in [1.29, 1.82) is 0 Å². The molecule has 1 amide bonds. The highest BCUT2D eigenvalue weighted by atomic mass is 16.5. The number of rotatable bonds is 2. The highest BCUT2D eigenvalue weighted by Crippen LogP contribution is 2.27. The van der Waals surface area contributed by atoms with Crippen LogP contribution < -0.4 is 16.0 Å². The average Bonchev–Trinajstić information content (AvgIpc) is 2.96. The molecule has 134 valence electrons. The van der Waals surface area contributed by atoms with Gasteiger partial charge < -0.3 is 20.4 Å². The molecule has 0 radical (unpaired) electrons. The molecule has 4 N–H and O–H groups in total. The summed E-state index contributed by atoms with van der Waals surface area (Å²) >= 11 is 0. The number of amides is 1. The Bertz CT molecular complexity index is 1080. The highest BCUT2D eigenvalue weighted by Gasteiger charge is 2.27. The predicted molar refractivity (Wildman–Crippen MR) is 97.3 cm³/mol. The number of aromatic nitrogens is 3. The zero-order valence-corrected chi connectivity index (χ0v) is 14.5. The maximum Gasteiger partial charge on any atom is 0.270 e. The standard InChI is InChI=1S/C18H19N5O3/c1-9-12-7-10(26-2)3-4-13(12)20-15(9)17(25)23-6-5-11-14(8-23)21-18(19)22-16(11)24/h3-4,7,20H,5-6,8H2,1-2H3,(H3,19,21,22,24). The van der Waals surface area contributed by atoms with E-state index in [1.54, 1.807) is 12.0 Å². The lowest BCUT2D eigenvalue weighted by molar-refractivity contribution is 0.0725. The van der Waals surface area contributed by atoms with Gasteiger partial charge in [0.15, 0.2) is 0 Å². The van der Waals surface area contributed by atoms with Gasteiger partial charge in [-0.05, 0) is 37.1 Å². The summed E-state index contributed by atoms with van der Waals surface area (Å²) in [7, 11) is 1.61. The molecule has 0 unspecified atom stereocenters. The van der Waals surface area contributed by atoms with E-state index in [1.165, 1.54) is 0 Å². The van der Waals surface area contributed by atoms with Crippen molar-refractivity contribution in [2.24, 2.45) is 0 Å². The van der Waals surface area contributed by atoms with E-state index in [9.17, 15) is 9.59 Å². The summed E-state index contributed by atoms with van der Waals surface area (Å²) in [6.45, 7) is 2.63. The number of carbonyl (C=O) groups excluding carboxylic acids is 1. The van der Waals surface area contributed by atoms with Crippen molar-refractivity contribution >= 4 is 22.8 Å². The molecule has 3 aromatic rings. The van der Waals surface area contributed by atoms with Crippen molar-refractivity contribution in [1.82, 2.24) is 19.9 Å². The maximum atomic E-state index is 13.0. The van der Waals surface area contributed by atoms with Crippen LogP contribution >= 0.6 is 0 Å². The van der Waals surface area contributed by atoms with Crippen LogP contribution in [0.3, 0.4) is 0 Å². The van der Waals surface area contributed by atoms with Crippen molar-refractivity contribution in [3.05, 3.63) is 51.1 Å². The number of ether oxygens (including phenoxy) is 1. The molecule has 26 heavy (non-hydrogen) atoms. The molecule has 2 aromatic heterocycles. The zero-order chi connectivity index (χ0) is 18.4. The van der Waals surface area contributed by atoms with E-state index in [-0.39, 0.29) is 24.0 Å². The first kappa shape index (κ1) is 16.2. The topological polar surface area (TPSA) is 117 Å². The van der Waals surface area contributed by atoms with Gasteiger partial charge in [0, 0.05) is 23.0 Å². The third-order valence-electron chi connectivity index (χ3n) is 4.86. The molecule has 3 heterocycles. The first-order valence-electron chi connectivity index (χ1n) is 8.31. The molecule has 0 spiro atoms. The Balaban J connectivity index is 1.69. The minimum atomic E-state index is -0.228. The SMILES string of the molecule is COc1ccc2[nH]c(C(=O)N3CCc4c(nc(N)[nH]c4=O)C3)c(C)c2c1. The number of benzene rings is 1. The number of hydrogen-bond acceptors (Lipinski definition) is 5. The molecule has 0 fully saturated rings. The second-order valence-corrected chi connectivity index (χ2v) is 6.39. The first-order chi connectivity index (χ1) is 12.5. The van der Waals surface area contributed by atoms with Gasteiger partial charge in [-0.3, -0.25) is 14.6 Å². The minimum Gasteiger partial charge on any atom is -0.497 e. The van der Waals surface area contributed by atoms with Crippen LogP contribution in [0.25, 0.3) is 10.9 Å². The second kappa shape index (κ2) is 5.91. The number of nitrogens with zero attached hydrogens (tertiary/aromatic N) is 2. The fourth-order valence-corrected chi connectivity index (χ4v) is 3.44. The number of nitrogen functional groups attached to an aromatic ring is 1. The number of nitrogens with one attached hydrogen (secondary N) is 2. The van der Waals surface area contributed by atoms with Gasteiger partial charge in [0.1, 0.15) is 11.4 Å². The smallest absolute Gasteiger partial charge is 0.270 e. The largest absolute Gasteiger partial charge is 0.497 e. The Kier molecular flexibility index (Phi) is 3.68. The molecule has 1 aromatic carbocycles. The lowest BCUT2D eigenvalue weighted by Gasteiger charge is -2.27. The number of aromatic amines is 2. The van der Waals surface area contributed by atoms with Crippen molar-refractivity contribution in [3.63, 3.8) is 0 Å². The lowest BCUT2D eigenvalue weighted by Crippen LogP contribution is -2.39. The highest BCUT2D eigenvalue weighted by molar-refractivity contribution is 6.01. The van der Waals surface area contributed by atoms with Crippen molar-refractivity contribution in [2.75, 3.05) is 19.4 Å². The third kappa shape index (κ3) is 2.50. The van der Waals surface area contributed by atoms with E-state index in [4.69, 9.17) is 10.5 Å². The van der Waals surface area contributed by atoms with Crippen molar-refractivity contribution in [2.45, 2.75) is 19.9 Å². The zero-order valence-electron chi connectivity index (χ0n) is 14.5. The van der Waals surface area contributed by atoms with Gasteiger partial charge in [0.2, 0.25) is 5.95 Å². The molecule has 0 bridgehead atoms. The Labute approximate surface area is 149 Å². The molecule has 0 atom stereocenters. The van der Waals surface area contributed by atoms with Gasteiger partial charge in [-0.25, -0.2) is 4.98 Å². The minimum absolute atomic E-state index is 0.0666. The van der Waals surface area contributed by atoms with Gasteiger partial charge in [-0.2, -0.15) is 0 Å². The Hall–Kier alpha value is -3.29. The number of carbonyl (C=O) groups is 1. The number of aryl methyl sites for hydroxylation is 1. The molecule has 1 aliphatic rings. The van der Waals surface area contributed by atoms with Crippen molar-refractivity contribution in [3.8, 4) is 5.75 Å². The van der Waals surface area contributed by atoms with E-state index in [0.717, 1.165) is 22.2 Å². The molecular weight excluding hydrogens is 334 g/mol. The van der Waals surface area contributed by atoms with Crippen LogP contribution in [0.15, 0.2) is 23.0 Å². The molecule has 1 aliphatic heterocycles. The first-order valence-corrected chi connectivity index (χ1v) is 8.31. The van der Waals surface area contributed by atoms with Gasteiger partial charge in [0.25, 0.3) is 11.5 Å². The van der Waals surface area contributed by atoms with E-state index in [1.807, 2.05) is 25.1 Å². The van der Waals surface area contributed by atoms with Crippen LogP contribution in [-0.4, -0.2) is 39.4 Å². The number of fused-ring (bicyclic) bond motifs is 2.